The Bertz CT molecular complexity index is 1010. The fourth-order valence-electron chi connectivity index (χ4n) is 3.38. The maximum atomic E-state index is 13.3. The molecule has 1 aromatic carbocycles. The smallest absolute Gasteiger partial charge is 0.269 e. The van der Waals surface area contributed by atoms with E-state index in [1.165, 1.54) is 3.97 Å². The lowest BCUT2D eigenvalue weighted by atomic mass is 10.1. The van der Waals surface area contributed by atoms with Gasteiger partial charge in [-0.1, -0.05) is 29.8 Å². The van der Waals surface area contributed by atoms with Crippen molar-refractivity contribution in [3.05, 3.63) is 59.4 Å². The Hall–Kier alpha value is -1.89. The van der Waals surface area contributed by atoms with Crippen molar-refractivity contribution in [3.8, 4) is 0 Å². The molecule has 1 N–H and O–H groups in total. The third kappa shape index (κ3) is 3.05. The molecule has 1 aliphatic heterocycles. The molecular formula is C18H18ClN3O2S. The van der Waals surface area contributed by atoms with Crippen molar-refractivity contribution in [2.45, 2.75) is 30.2 Å². The Morgan fingerprint density at radius 2 is 2.00 bits per heavy atom. The minimum atomic E-state index is -3.74. The van der Waals surface area contributed by atoms with Crippen molar-refractivity contribution >= 4 is 32.7 Å². The van der Waals surface area contributed by atoms with Crippen LogP contribution in [0.1, 0.15) is 18.5 Å². The lowest BCUT2D eigenvalue weighted by Gasteiger charge is -2.14. The summed E-state index contributed by atoms with van der Waals surface area (Å²) in [5.74, 6) is 0. The van der Waals surface area contributed by atoms with Gasteiger partial charge in [-0.15, -0.1) is 0 Å². The zero-order valence-corrected chi connectivity index (χ0v) is 15.1. The van der Waals surface area contributed by atoms with Crippen LogP contribution in [-0.4, -0.2) is 30.0 Å². The van der Waals surface area contributed by atoms with Crippen LogP contribution in [0.2, 0.25) is 5.15 Å². The Labute approximate surface area is 151 Å². The third-order valence-electron chi connectivity index (χ3n) is 4.55. The quantitative estimate of drug-likeness (QED) is 0.711. The van der Waals surface area contributed by atoms with Gasteiger partial charge in [-0.3, -0.25) is 0 Å². The van der Waals surface area contributed by atoms with Crippen LogP contribution in [0.25, 0.3) is 11.0 Å². The molecule has 1 saturated heterocycles. The molecule has 0 saturated carbocycles. The molecule has 130 valence electrons. The van der Waals surface area contributed by atoms with E-state index in [1.807, 2.05) is 12.1 Å². The van der Waals surface area contributed by atoms with Gasteiger partial charge >= 0.3 is 0 Å². The van der Waals surface area contributed by atoms with Crippen molar-refractivity contribution in [1.82, 2.24) is 14.3 Å². The van der Waals surface area contributed by atoms with Crippen molar-refractivity contribution in [2.24, 2.45) is 0 Å². The average Bonchev–Trinajstić information content (AvgIpc) is 3.23. The fourth-order valence-corrected chi connectivity index (χ4v) is 5.04. The highest BCUT2D eigenvalue weighted by molar-refractivity contribution is 7.90. The second-order valence-corrected chi connectivity index (χ2v) is 8.44. The van der Waals surface area contributed by atoms with E-state index in [-0.39, 0.29) is 16.1 Å². The number of halogens is 1. The first-order chi connectivity index (χ1) is 12.1. The lowest BCUT2D eigenvalue weighted by molar-refractivity contribution is 0.572. The molecule has 25 heavy (non-hydrogen) atoms. The SMILES string of the molecule is O=S(=O)(c1ccccc1)n1c(CC2CCCN2)cc2ccc(Cl)nc21. The van der Waals surface area contributed by atoms with E-state index in [0.717, 1.165) is 30.5 Å². The largest absolute Gasteiger partial charge is 0.314 e. The Morgan fingerprint density at radius 1 is 1.20 bits per heavy atom. The number of nitrogens with zero attached hydrogens (tertiary/aromatic N) is 2. The number of rotatable bonds is 4. The average molecular weight is 376 g/mol. The van der Waals surface area contributed by atoms with E-state index in [2.05, 4.69) is 10.3 Å². The van der Waals surface area contributed by atoms with Crippen LogP contribution in [0.4, 0.5) is 0 Å². The van der Waals surface area contributed by atoms with E-state index in [0.29, 0.717) is 12.1 Å². The highest BCUT2D eigenvalue weighted by atomic mass is 35.5. The van der Waals surface area contributed by atoms with Gasteiger partial charge in [0.1, 0.15) is 5.15 Å². The van der Waals surface area contributed by atoms with Gasteiger partial charge in [-0.2, -0.15) is 0 Å². The summed E-state index contributed by atoms with van der Waals surface area (Å²) in [5.41, 5.74) is 1.11. The molecule has 0 aliphatic carbocycles. The van der Waals surface area contributed by atoms with Gasteiger partial charge in [-0.05, 0) is 49.7 Å². The van der Waals surface area contributed by atoms with Crippen LogP contribution < -0.4 is 5.32 Å². The standard InChI is InChI=1S/C18H18ClN3O2S/c19-17-9-8-13-11-15(12-14-5-4-10-20-14)22(18(13)21-17)25(23,24)16-6-2-1-3-7-16/h1-3,6-9,11,14,20H,4-5,10,12H2. The normalized spacial score (nSPS) is 18.0. The molecule has 3 aromatic rings. The Balaban J connectivity index is 1.91. The summed E-state index contributed by atoms with van der Waals surface area (Å²) < 4.78 is 27.9. The highest BCUT2D eigenvalue weighted by Gasteiger charge is 2.26. The summed E-state index contributed by atoms with van der Waals surface area (Å²) in [6.07, 6.45) is 2.79. The van der Waals surface area contributed by atoms with Crippen LogP contribution >= 0.6 is 11.6 Å². The molecule has 4 rings (SSSR count). The number of pyridine rings is 1. The molecule has 0 spiro atoms. The Morgan fingerprint density at radius 3 is 2.72 bits per heavy atom. The number of fused-ring (bicyclic) bond motifs is 1. The Kier molecular flexibility index (Phi) is 4.27. The van der Waals surface area contributed by atoms with E-state index in [1.54, 1.807) is 36.4 Å². The number of benzene rings is 1. The first kappa shape index (κ1) is 16.6. The second kappa shape index (κ2) is 6.44. The van der Waals surface area contributed by atoms with Crippen LogP contribution in [0.3, 0.4) is 0 Å². The van der Waals surface area contributed by atoms with Gasteiger partial charge in [0.2, 0.25) is 0 Å². The second-order valence-electron chi connectivity index (χ2n) is 6.26. The maximum absolute atomic E-state index is 13.3. The van der Waals surface area contributed by atoms with Crippen molar-refractivity contribution < 1.29 is 8.42 Å². The van der Waals surface area contributed by atoms with Gasteiger partial charge in [0.05, 0.1) is 4.90 Å². The van der Waals surface area contributed by atoms with Gasteiger partial charge in [0.25, 0.3) is 10.0 Å². The van der Waals surface area contributed by atoms with Crippen molar-refractivity contribution in [1.29, 1.82) is 0 Å². The summed E-state index contributed by atoms with van der Waals surface area (Å²) in [5, 5.41) is 4.48. The summed E-state index contributed by atoms with van der Waals surface area (Å²) in [6, 6.07) is 14.1. The van der Waals surface area contributed by atoms with Crippen LogP contribution in [0.5, 0.6) is 0 Å². The number of nitrogens with one attached hydrogen (secondary N) is 1. The molecule has 1 atom stereocenters. The minimum Gasteiger partial charge on any atom is -0.314 e. The summed E-state index contributed by atoms with van der Waals surface area (Å²) in [6.45, 7) is 0.973. The summed E-state index contributed by atoms with van der Waals surface area (Å²) >= 11 is 6.03. The van der Waals surface area contributed by atoms with Crippen LogP contribution in [-0.2, 0) is 16.4 Å². The van der Waals surface area contributed by atoms with Gasteiger partial charge < -0.3 is 5.32 Å². The van der Waals surface area contributed by atoms with E-state index in [4.69, 9.17) is 11.6 Å². The predicted molar refractivity (Wildman–Crippen MR) is 98.5 cm³/mol. The zero-order chi connectivity index (χ0) is 17.4. The zero-order valence-electron chi connectivity index (χ0n) is 13.5. The molecule has 7 heteroatoms. The van der Waals surface area contributed by atoms with E-state index < -0.39 is 10.0 Å². The van der Waals surface area contributed by atoms with Crippen molar-refractivity contribution in [2.75, 3.05) is 6.54 Å². The third-order valence-corrected chi connectivity index (χ3v) is 6.51. The number of hydrogen-bond acceptors (Lipinski definition) is 4. The molecule has 2 aromatic heterocycles. The molecular weight excluding hydrogens is 358 g/mol. The topological polar surface area (TPSA) is 64.0 Å². The van der Waals surface area contributed by atoms with Gasteiger partial charge in [0.15, 0.2) is 5.65 Å². The lowest BCUT2D eigenvalue weighted by Crippen LogP contribution is -2.26. The van der Waals surface area contributed by atoms with E-state index in [9.17, 15) is 8.42 Å². The molecule has 1 aliphatic rings. The number of aromatic nitrogens is 2. The number of hydrogen-bond donors (Lipinski definition) is 1. The first-order valence-corrected chi connectivity index (χ1v) is 10.1. The van der Waals surface area contributed by atoms with Crippen LogP contribution in [0, 0.1) is 0 Å². The summed E-state index contributed by atoms with van der Waals surface area (Å²) in [7, 11) is -3.74. The predicted octanol–water partition coefficient (Wildman–Crippen LogP) is 3.22. The maximum Gasteiger partial charge on any atom is 0.269 e. The molecule has 5 nitrogen and oxygen atoms in total. The minimum absolute atomic E-state index is 0.245. The molecule has 3 heterocycles. The molecule has 0 bridgehead atoms. The van der Waals surface area contributed by atoms with Gasteiger partial charge in [-0.25, -0.2) is 17.4 Å². The van der Waals surface area contributed by atoms with Crippen LogP contribution in [0.15, 0.2) is 53.4 Å². The molecule has 1 fully saturated rings. The summed E-state index contributed by atoms with van der Waals surface area (Å²) in [4.78, 5) is 4.54. The monoisotopic (exact) mass is 375 g/mol. The molecule has 0 amide bonds. The van der Waals surface area contributed by atoms with Crippen molar-refractivity contribution in [3.63, 3.8) is 0 Å². The molecule has 0 radical (unpaired) electrons. The molecule has 1 unspecified atom stereocenters. The fraction of sp³-hybridized carbons (Fsp3) is 0.278. The highest BCUT2D eigenvalue weighted by Crippen LogP contribution is 2.27. The van der Waals surface area contributed by atoms with E-state index >= 15 is 0 Å². The first-order valence-electron chi connectivity index (χ1n) is 8.26. The van der Waals surface area contributed by atoms with Gasteiger partial charge in [0, 0.05) is 23.5 Å².